The molecule has 2 fully saturated rings. The van der Waals surface area contributed by atoms with Crippen molar-refractivity contribution < 1.29 is 0 Å². The van der Waals surface area contributed by atoms with Crippen molar-refractivity contribution in [1.29, 1.82) is 0 Å². The minimum Gasteiger partial charge on any atom is -0.308 e. The van der Waals surface area contributed by atoms with Crippen LogP contribution in [-0.4, -0.2) is 23.0 Å². The normalized spacial score (nSPS) is 22.9. The van der Waals surface area contributed by atoms with Gasteiger partial charge in [-0.15, -0.1) is 0 Å². The first-order chi connectivity index (χ1) is 9.80. The molecule has 1 aromatic heterocycles. The van der Waals surface area contributed by atoms with Crippen LogP contribution in [0, 0.1) is 5.41 Å². The maximum Gasteiger partial charge on any atom is 0.140 e. The summed E-state index contributed by atoms with van der Waals surface area (Å²) in [4.78, 5) is 6.74. The minimum absolute atomic E-state index is 0.691. The van der Waals surface area contributed by atoms with Crippen LogP contribution in [0.25, 0.3) is 0 Å². The molecule has 0 atom stereocenters. The maximum absolute atomic E-state index is 5.42. The largest absolute Gasteiger partial charge is 0.308 e. The van der Waals surface area contributed by atoms with Gasteiger partial charge in [0.15, 0.2) is 0 Å². The zero-order valence-corrected chi connectivity index (χ0v) is 12.3. The Labute approximate surface area is 121 Å². The molecule has 0 amide bonds. The molecule has 1 aliphatic heterocycles. The lowest BCUT2D eigenvalue weighted by atomic mass is 9.68. The second kappa shape index (κ2) is 6.10. The molecule has 4 nitrogen and oxygen atoms in total. The van der Waals surface area contributed by atoms with Gasteiger partial charge in [0.05, 0.1) is 0 Å². The Morgan fingerprint density at radius 1 is 1.15 bits per heavy atom. The van der Waals surface area contributed by atoms with Gasteiger partial charge >= 0.3 is 0 Å². The molecule has 0 bridgehead atoms. The summed E-state index contributed by atoms with van der Waals surface area (Å²) in [5.41, 5.74) is 4.61. The fourth-order valence-electron chi connectivity index (χ4n) is 3.90. The van der Waals surface area contributed by atoms with Crippen molar-refractivity contribution in [3.63, 3.8) is 0 Å². The number of nitrogens with zero attached hydrogens (tertiary/aromatic N) is 2. The van der Waals surface area contributed by atoms with Gasteiger partial charge in [-0.05, 0) is 61.9 Å². The van der Waals surface area contributed by atoms with Gasteiger partial charge in [0.2, 0.25) is 0 Å². The number of likely N-dealkylation sites (tertiary alicyclic amines) is 1. The summed E-state index contributed by atoms with van der Waals surface area (Å²) < 4.78 is 0. The Hall–Kier alpha value is -1.13. The molecule has 1 spiro atoms. The Balaban J connectivity index is 1.55. The summed E-state index contributed by atoms with van der Waals surface area (Å²) in [6.45, 7) is 3.51. The van der Waals surface area contributed by atoms with Crippen LogP contribution in [0.5, 0.6) is 0 Å². The number of hydrogen-bond donors (Lipinski definition) is 2. The molecule has 110 valence electrons. The summed E-state index contributed by atoms with van der Waals surface area (Å²) in [6.07, 6.45) is 11.9. The third-order valence-electron chi connectivity index (χ3n) is 5.21. The zero-order valence-electron chi connectivity index (χ0n) is 12.3. The summed E-state index contributed by atoms with van der Waals surface area (Å²) in [6, 6.07) is 4.14. The average Bonchev–Trinajstić information content (AvgIpc) is 2.51. The number of aromatic nitrogens is 1. The van der Waals surface area contributed by atoms with Crippen LogP contribution < -0.4 is 11.3 Å². The first-order valence-electron chi connectivity index (χ1n) is 7.94. The van der Waals surface area contributed by atoms with Gasteiger partial charge in [-0.1, -0.05) is 19.3 Å². The quantitative estimate of drug-likeness (QED) is 0.657. The molecule has 0 unspecified atom stereocenters. The number of hydrogen-bond acceptors (Lipinski definition) is 4. The van der Waals surface area contributed by atoms with E-state index in [4.69, 9.17) is 5.84 Å². The molecule has 1 saturated carbocycles. The molecule has 1 aromatic rings. The third-order valence-corrected chi connectivity index (χ3v) is 5.21. The van der Waals surface area contributed by atoms with Gasteiger partial charge in [0.25, 0.3) is 0 Å². The Bertz CT molecular complexity index is 430. The van der Waals surface area contributed by atoms with E-state index in [-0.39, 0.29) is 0 Å². The number of nitrogens with one attached hydrogen (secondary N) is 1. The van der Waals surface area contributed by atoms with Crippen molar-refractivity contribution in [3.8, 4) is 0 Å². The predicted octanol–water partition coefficient (Wildman–Crippen LogP) is 2.91. The molecular formula is C16H26N4. The summed E-state index contributed by atoms with van der Waals surface area (Å²) in [7, 11) is 0. The van der Waals surface area contributed by atoms with Crippen LogP contribution >= 0.6 is 0 Å². The Morgan fingerprint density at radius 3 is 2.60 bits per heavy atom. The molecule has 1 saturated heterocycles. The maximum atomic E-state index is 5.42. The van der Waals surface area contributed by atoms with E-state index in [0.29, 0.717) is 5.41 Å². The van der Waals surface area contributed by atoms with Gasteiger partial charge < -0.3 is 5.43 Å². The van der Waals surface area contributed by atoms with Crippen molar-refractivity contribution in [2.45, 2.75) is 51.5 Å². The highest BCUT2D eigenvalue weighted by Crippen LogP contribution is 2.44. The summed E-state index contributed by atoms with van der Waals surface area (Å²) in [5, 5.41) is 0. The molecule has 0 aromatic carbocycles. The first kappa shape index (κ1) is 13.8. The summed E-state index contributed by atoms with van der Waals surface area (Å²) >= 11 is 0. The molecule has 2 heterocycles. The second-order valence-corrected chi connectivity index (χ2v) is 6.53. The van der Waals surface area contributed by atoms with Crippen molar-refractivity contribution in [2.75, 3.05) is 18.5 Å². The Kier molecular flexibility index (Phi) is 4.22. The van der Waals surface area contributed by atoms with Gasteiger partial charge in [0.1, 0.15) is 5.82 Å². The van der Waals surface area contributed by atoms with Crippen LogP contribution in [-0.2, 0) is 6.54 Å². The van der Waals surface area contributed by atoms with E-state index in [1.54, 1.807) is 0 Å². The SMILES string of the molecule is NNc1cc(CN2CCC3(CCCCC3)CC2)ccn1. The number of pyridine rings is 1. The van der Waals surface area contributed by atoms with E-state index in [1.807, 2.05) is 12.3 Å². The number of rotatable bonds is 3. The number of nitrogens with two attached hydrogens (primary N) is 1. The first-order valence-corrected chi connectivity index (χ1v) is 7.94. The van der Waals surface area contributed by atoms with Crippen molar-refractivity contribution >= 4 is 5.82 Å². The van der Waals surface area contributed by atoms with E-state index in [9.17, 15) is 0 Å². The number of piperidine rings is 1. The third kappa shape index (κ3) is 3.13. The van der Waals surface area contributed by atoms with Gasteiger partial charge in [-0.25, -0.2) is 10.8 Å². The van der Waals surface area contributed by atoms with E-state index < -0.39 is 0 Å². The van der Waals surface area contributed by atoms with E-state index in [1.165, 1.54) is 63.6 Å². The highest BCUT2D eigenvalue weighted by atomic mass is 15.2. The van der Waals surface area contributed by atoms with Gasteiger partial charge in [-0.2, -0.15) is 0 Å². The number of hydrazine groups is 1. The molecule has 2 aliphatic rings. The number of nitrogen functional groups attached to an aromatic ring is 1. The fraction of sp³-hybridized carbons (Fsp3) is 0.688. The number of anilines is 1. The topological polar surface area (TPSA) is 54.2 Å². The molecular weight excluding hydrogens is 248 g/mol. The molecule has 3 rings (SSSR count). The van der Waals surface area contributed by atoms with Crippen molar-refractivity contribution in [2.24, 2.45) is 11.3 Å². The van der Waals surface area contributed by atoms with Crippen LogP contribution in [0.3, 0.4) is 0 Å². The van der Waals surface area contributed by atoms with Crippen LogP contribution in [0.2, 0.25) is 0 Å². The second-order valence-electron chi connectivity index (χ2n) is 6.53. The van der Waals surface area contributed by atoms with Gasteiger partial charge in [0, 0.05) is 12.7 Å². The van der Waals surface area contributed by atoms with Crippen LogP contribution in [0.15, 0.2) is 18.3 Å². The molecule has 4 heteroatoms. The standard InChI is InChI=1S/C16H26N4/c17-19-15-12-14(4-9-18-15)13-20-10-7-16(8-11-20)5-2-1-3-6-16/h4,9,12H,1-3,5-8,10-11,13,17H2,(H,18,19). The monoisotopic (exact) mass is 274 g/mol. The summed E-state index contributed by atoms with van der Waals surface area (Å²) in [5.74, 6) is 6.17. The molecule has 3 N–H and O–H groups in total. The van der Waals surface area contributed by atoms with Gasteiger partial charge in [-0.3, -0.25) is 4.90 Å². The average molecular weight is 274 g/mol. The highest BCUT2D eigenvalue weighted by molar-refractivity contribution is 5.35. The lowest BCUT2D eigenvalue weighted by Crippen LogP contribution is -2.40. The smallest absolute Gasteiger partial charge is 0.140 e. The lowest BCUT2D eigenvalue weighted by molar-refractivity contribution is 0.0641. The van der Waals surface area contributed by atoms with E-state index in [0.717, 1.165) is 12.4 Å². The van der Waals surface area contributed by atoms with Crippen LogP contribution in [0.1, 0.15) is 50.5 Å². The van der Waals surface area contributed by atoms with Crippen molar-refractivity contribution in [1.82, 2.24) is 9.88 Å². The van der Waals surface area contributed by atoms with Crippen molar-refractivity contribution in [3.05, 3.63) is 23.9 Å². The molecule has 20 heavy (non-hydrogen) atoms. The van der Waals surface area contributed by atoms with E-state index in [2.05, 4.69) is 21.4 Å². The molecule has 1 aliphatic carbocycles. The molecule has 0 radical (unpaired) electrons. The van der Waals surface area contributed by atoms with E-state index >= 15 is 0 Å². The lowest BCUT2D eigenvalue weighted by Gasteiger charge is -2.44. The predicted molar refractivity (Wildman–Crippen MR) is 82.1 cm³/mol. The Morgan fingerprint density at radius 2 is 1.90 bits per heavy atom. The highest BCUT2D eigenvalue weighted by Gasteiger charge is 2.35. The zero-order chi connectivity index (χ0) is 13.8. The fourth-order valence-corrected chi connectivity index (χ4v) is 3.90. The minimum atomic E-state index is 0.691. The van der Waals surface area contributed by atoms with Crippen LogP contribution in [0.4, 0.5) is 5.82 Å².